The third kappa shape index (κ3) is 3.95. The lowest BCUT2D eigenvalue weighted by Crippen LogP contribution is -2.21. The van der Waals surface area contributed by atoms with Crippen molar-refractivity contribution in [3.63, 3.8) is 0 Å². The zero-order valence-corrected chi connectivity index (χ0v) is 14.4. The van der Waals surface area contributed by atoms with E-state index in [0.717, 1.165) is 41.3 Å². The Kier molecular flexibility index (Phi) is 5.16. The zero-order valence-electron chi connectivity index (χ0n) is 13.6. The van der Waals surface area contributed by atoms with Gasteiger partial charge in [0, 0.05) is 31.5 Å². The highest BCUT2D eigenvalue weighted by atomic mass is 35.5. The third-order valence-electron chi connectivity index (χ3n) is 3.94. The lowest BCUT2D eigenvalue weighted by molar-refractivity contribution is -0.118. The number of carbonyl (C=O) groups is 1. The average Bonchev–Trinajstić information content (AvgIpc) is 2.91. The van der Waals surface area contributed by atoms with E-state index < -0.39 is 0 Å². The van der Waals surface area contributed by atoms with E-state index in [1.54, 1.807) is 0 Å². The molecule has 1 amide bonds. The van der Waals surface area contributed by atoms with E-state index in [-0.39, 0.29) is 5.91 Å². The van der Waals surface area contributed by atoms with Crippen LogP contribution in [0.2, 0.25) is 5.02 Å². The van der Waals surface area contributed by atoms with E-state index in [1.165, 1.54) is 12.5 Å². The molecule has 0 unspecified atom stereocenters. The number of hydrogen-bond donors (Lipinski definition) is 1. The second-order valence-corrected chi connectivity index (χ2v) is 6.25. The van der Waals surface area contributed by atoms with Gasteiger partial charge in [0.1, 0.15) is 5.82 Å². The van der Waals surface area contributed by atoms with E-state index in [1.807, 2.05) is 42.5 Å². The fraction of sp³-hybridized carbons (Fsp3) is 0.263. The number of rotatable bonds is 6. The predicted molar refractivity (Wildman–Crippen MR) is 97.3 cm³/mol. The highest BCUT2D eigenvalue weighted by molar-refractivity contribution is 6.30. The first-order chi connectivity index (χ1) is 11.6. The van der Waals surface area contributed by atoms with Gasteiger partial charge in [-0.15, -0.1) is 0 Å². The topological polar surface area (TPSA) is 46.9 Å². The Morgan fingerprint density at radius 1 is 1.17 bits per heavy atom. The Labute approximate surface area is 146 Å². The maximum atomic E-state index is 11.0. The van der Waals surface area contributed by atoms with Gasteiger partial charge in [0.25, 0.3) is 0 Å². The number of amides is 1. The number of aromatic nitrogens is 2. The van der Waals surface area contributed by atoms with E-state index in [2.05, 4.69) is 16.0 Å². The molecule has 1 aromatic heterocycles. The van der Waals surface area contributed by atoms with Gasteiger partial charge in [0.2, 0.25) is 5.91 Å². The van der Waals surface area contributed by atoms with Gasteiger partial charge in [0.15, 0.2) is 0 Å². The Hall–Kier alpha value is -2.33. The highest BCUT2D eigenvalue weighted by Crippen LogP contribution is 2.20. The monoisotopic (exact) mass is 341 g/mol. The number of nitrogens with zero attached hydrogens (tertiary/aromatic N) is 2. The first-order valence-corrected chi connectivity index (χ1v) is 8.44. The van der Waals surface area contributed by atoms with E-state index in [9.17, 15) is 4.79 Å². The summed E-state index contributed by atoms with van der Waals surface area (Å²) in [7, 11) is 0. The van der Waals surface area contributed by atoms with Gasteiger partial charge in [-0.25, -0.2) is 4.98 Å². The highest BCUT2D eigenvalue weighted by Gasteiger charge is 2.10. The Balaban J connectivity index is 1.84. The van der Waals surface area contributed by atoms with Crippen LogP contribution in [0.4, 0.5) is 0 Å². The van der Waals surface area contributed by atoms with Crippen molar-refractivity contribution < 1.29 is 4.79 Å². The summed E-state index contributed by atoms with van der Waals surface area (Å²) >= 11 is 5.98. The quantitative estimate of drug-likeness (QED) is 0.693. The SMILES string of the molecule is CC(=O)NCCCc1nc2ccccc2n1Cc1ccc(Cl)cc1. The number of imidazole rings is 1. The molecule has 124 valence electrons. The minimum absolute atomic E-state index is 0.00432. The van der Waals surface area contributed by atoms with Gasteiger partial charge in [-0.1, -0.05) is 35.9 Å². The van der Waals surface area contributed by atoms with Gasteiger partial charge < -0.3 is 9.88 Å². The molecule has 4 nitrogen and oxygen atoms in total. The van der Waals surface area contributed by atoms with Gasteiger partial charge >= 0.3 is 0 Å². The van der Waals surface area contributed by atoms with Crippen molar-refractivity contribution in [1.82, 2.24) is 14.9 Å². The van der Waals surface area contributed by atoms with Crippen LogP contribution in [0.1, 0.15) is 24.7 Å². The van der Waals surface area contributed by atoms with Crippen LogP contribution in [0.15, 0.2) is 48.5 Å². The van der Waals surface area contributed by atoms with Crippen molar-refractivity contribution in [3.05, 3.63) is 64.9 Å². The first kappa shape index (κ1) is 16.5. The maximum absolute atomic E-state index is 11.0. The summed E-state index contributed by atoms with van der Waals surface area (Å²) in [6.07, 6.45) is 1.69. The summed E-state index contributed by atoms with van der Waals surface area (Å²) in [5, 5.41) is 3.57. The lowest BCUT2D eigenvalue weighted by Gasteiger charge is -2.10. The van der Waals surface area contributed by atoms with Crippen LogP contribution in [0.5, 0.6) is 0 Å². The molecule has 0 radical (unpaired) electrons. The summed E-state index contributed by atoms with van der Waals surface area (Å²) in [5.41, 5.74) is 3.31. The Morgan fingerprint density at radius 3 is 2.67 bits per heavy atom. The number of hydrogen-bond acceptors (Lipinski definition) is 2. The number of nitrogens with one attached hydrogen (secondary N) is 1. The van der Waals surface area contributed by atoms with Crippen LogP contribution in [0.3, 0.4) is 0 Å². The second kappa shape index (κ2) is 7.49. The van der Waals surface area contributed by atoms with E-state index >= 15 is 0 Å². The summed E-state index contributed by atoms with van der Waals surface area (Å²) in [5.74, 6) is 1.04. The summed E-state index contributed by atoms with van der Waals surface area (Å²) < 4.78 is 2.24. The molecule has 3 rings (SSSR count). The molecule has 0 aliphatic carbocycles. The van der Waals surface area contributed by atoms with Crippen LogP contribution in [0.25, 0.3) is 11.0 Å². The molecule has 0 aliphatic rings. The second-order valence-electron chi connectivity index (χ2n) is 5.82. The molecule has 0 aliphatic heterocycles. The zero-order chi connectivity index (χ0) is 16.9. The fourth-order valence-corrected chi connectivity index (χ4v) is 2.90. The van der Waals surface area contributed by atoms with Crippen LogP contribution in [-0.4, -0.2) is 22.0 Å². The number of carbonyl (C=O) groups excluding carboxylic acids is 1. The van der Waals surface area contributed by atoms with E-state index in [4.69, 9.17) is 16.6 Å². The van der Waals surface area contributed by atoms with Crippen molar-refractivity contribution in [2.24, 2.45) is 0 Å². The number of benzene rings is 2. The van der Waals surface area contributed by atoms with Crippen molar-refractivity contribution in [1.29, 1.82) is 0 Å². The molecule has 3 aromatic rings. The molecule has 0 saturated heterocycles. The molecule has 0 fully saturated rings. The lowest BCUT2D eigenvalue weighted by atomic mass is 10.2. The third-order valence-corrected chi connectivity index (χ3v) is 4.19. The standard InChI is InChI=1S/C19H20ClN3O/c1-14(24)21-12-4-7-19-22-17-5-2-3-6-18(17)23(19)13-15-8-10-16(20)11-9-15/h2-3,5-6,8-11H,4,7,12-13H2,1H3,(H,21,24). The molecule has 1 heterocycles. The normalized spacial score (nSPS) is 10.9. The minimum Gasteiger partial charge on any atom is -0.356 e. The average molecular weight is 342 g/mol. The molecule has 0 bridgehead atoms. The van der Waals surface area contributed by atoms with Crippen LogP contribution in [-0.2, 0) is 17.8 Å². The summed E-state index contributed by atoms with van der Waals surface area (Å²) in [6.45, 7) is 2.96. The molecule has 2 aromatic carbocycles. The molecule has 1 N–H and O–H groups in total. The molecule has 0 atom stereocenters. The summed E-state index contributed by atoms with van der Waals surface area (Å²) in [6, 6.07) is 16.1. The predicted octanol–water partition coefficient (Wildman–Crippen LogP) is 3.81. The van der Waals surface area contributed by atoms with Gasteiger partial charge in [-0.3, -0.25) is 4.79 Å². The van der Waals surface area contributed by atoms with Gasteiger partial charge in [0.05, 0.1) is 11.0 Å². The number of para-hydroxylation sites is 2. The number of aryl methyl sites for hydroxylation is 1. The van der Waals surface area contributed by atoms with Crippen LogP contribution >= 0.6 is 11.6 Å². The van der Waals surface area contributed by atoms with Gasteiger partial charge in [-0.05, 0) is 36.2 Å². The largest absolute Gasteiger partial charge is 0.356 e. The first-order valence-electron chi connectivity index (χ1n) is 8.06. The van der Waals surface area contributed by atoms with Gasteiger partial charge in [-0.2, -0.15) is 0 Å². The van der Waals surface area contributed by atoms with Crippen molar-refractivity contribution in [2.75, 3.05) is 6.54 Å². The molecular weight excluding hydrogens is 322 g/mol. The molecule has 0 spiro atoms. The Bertz CT molecular complexity index is 839. The van der Waals surface area contributed by atoms with Crippen LogP contribution in [0, 0.1) is 0 Å². The van der Waals surface area contributed by atoms with Crippen molar-refractivity contribution in [3.8, 4) is 0 Å². The smallest absolute Gasteiger partial charge is 0.216 e. The van der Waals surface area contributed by atoms with Crippen molar-refractivity contribution >= 4 is 28.5 Å². The van der Waals surface area contributed by atoms with Crippen molar-refractivity contribution in [2.45, 2.75) is 26.3 Å². The number of halogens is 1. The Morgan fingerprint density at radius 2 is 1.92 bits per heavy atom. The molecule has 0 saturated carbocycles. The van der Waals surface area contributed by atoms with Crippen LogP contribution < -0.4 is 5.32 Å². The fourth-order valence-electron chi connectivity index (χ4n) is 2.78. The minimum atomic E-state index is 0.00432. The molecule has 24 heavy (non-hydrogen) atoms. The molecular formula is C19H20ClN3O. The summed E-state index contributed by atoms with van der Waals surface area (Å²) in [4.78, 5) is 15.8. The number of fused-ring (bicyclic) bond motifs is 1. The maximum Gasteiger partial charge on any atom is 0.216 e. The molecule has 5 heteroatoms. The van der Waals surface area contributed by atoms with E-state index in [0.29, 0.717) is 6.54 Å².